The number of hydrogen-bond donors (Lipinski definition) is 1. The molecule has 1 aromatic heterocycles. The number of thioether (sulfide) groups is 1. The number of nitrogens with zero attached hydrogens (tertiary/aromatic N) is 4. The van der Waals surface area contributed by atoms with Gasteiger partial charge in [0.1, 0.15) is 5.82 Å². The number of anilines is 3. The Balaban J connectivity index is 1.55. The highest BCUT2D eigenvalue weighted by molar-refractivity contribution is 7.99. The molecule has 0 bridgehead atoms. The first-order valence-electron chi connectivity index (χ1n) is 8.08. The van der Waals surface area contributed by atoms with Crippen LogP contribution in [-0.4, -0.2) is 41.4 Å². The number of nitrogens with two attached hydrogens (primary N) is 1. The maximum atomic E-state index is 6.13. The smallest absolute Gasteiger partial charge is 0.227 e. The molecule has 4 rings (SSSR count). The lowest BCUT2D eigenvalue weighted by atomic mass is 10.1. The van der Waals surface area contributed by atoms with Crippen molar-refractivity contribution in [2.75, 3.05) is 40.9 Å². The first kappa shape index (κ1) is 14.6. The van der Waals surface area contributed by atoms with Gasteiger partial charge in [0.15, 0.2) is 0 Å². The van der Waals surface area contributed by atoms with E-state index in [9.17, 15) is 0 Å². The third kappa shape index (κ3) is 2.72. The Kier molecular flexibility index (Phi) is 3.77. The molecular formula is C17H21N5S. The van der Waals surface area contributed by atoms with Crippen LogP contribution >= 0.6 is 11.8 Å². The van der Waals surface area contributed by atoms with Gasteiger partial charge in [0.25, 0.3) is 0 Å². The quantitative estimate of drug-likeness (QED) is 0.914. The minimum Gasteiger partial charge on any atom is -0.383 e. The zero-order valence-electron chi connectivity index (χ0n) is 13.3. The van der Waals surface area contributed by atoms with E-state index in [4.69, 9.17) is 10.7 Å². The van der Waals surface area contributed by atoms with Crippen LogP contribution in [0.5, 0.6) is 0 Å². The number of aryl methyl sites for hydroxylation is 1. The number of para-hydroxylation sites is 1. The van der Waals surface area contributed by atoms with Crippen LogP contribution in [0.3, 0.4) is 0 Å². The Morgan fingerprint density at radius 2 is 2.00 bits per heavy atom. The van der Waals surface area contributed by atoms with Crippen molar-refractivity contribution in [1.29, 1.82) is 0 Å². The third-order valence-electron chi connectivity index (χ3n) is 4.54. The summed E-state index contributed by atoms with van der Waals surface area (Å²) in [5.41, 5.74) is 8.54. The van der Waals surface area contributed by atoms with Gasteiger partial charge in [0, 0.05) is 43.5 Å². The standard InChI is InChI=1S/C17H21N5S/c1-12-11-21(13-5-3-2-4-6-13)8-9-22(12)17-19-14-7-10-23-15(14)16(18)20-17/h2-6,12H,7-11H2,1H3,(H2,18,19,20). The summed E-state index contributed by atoms with van der Waals surface area (Å²) in [5.74, 6) is 2.50. The molecule has 23 heavy (non-hydrogen) atoms. The molecule has 2 aromatic rings. The lowest BCUT2D eigenvalue weighted by molar-refractivity contribution is 0.539. The normalized spacial score (nSPS) is 20.7. The minimum atomic E-state index is 0.357. The number of hydrogen-bond acceptors (Lipinski definition) is 6. The Bertz CT molecular complexity index is 706. The van der Waals surface area contributed by atoms with Crippen LogP contribution in [0.4, 0.5) is 17.5 Å². The summed E-state index contributed by atoms with van der Waals surface area (Å²) in [4.78, 5) is 15.2. The predicted molar refractivity (Wildman–Crippen MR) is 96.3 cm³/mol. The van der Waals surface area contributed by atoms with Gasteiger partial charge in [-0.05, 0) is 19.1 Å². The van der Waals surface area contributed by atoms with E-state index in [-0.39, 0.29) is 0 Å². The molecule has 5 nitrogen and oxygen atoms in total. The summed E-state index contributed by atoms with van der Waals surface area (Å²) < 4.78 is 0. The average Bonchev–Trinajstić information content (AvgIpc) is 3.04. The van der Waals surface area contributed by atoms with Crippen LogP contribution in [0, 0.1) is 0 Å². The summed E-state index contributed by atoms with van der Waals surface area (Å²) in [7, 11) is 0. The zero-order valence-corrected chi connectivity index (χ0v) is 14.1. The molecule has 120 valence electrons. The molecule has 6 heteroatoms. The summed E-state index contributed by atoms with van der Waals surface area (Å²) >= 11 is 1.77. The lowest BCUT2D eigenvalue weighted by Gasteiger charge is -2.41. The molecule has 2 aliphatic heterocycles. The molecule has 2 aliphatic rings. The molecule has 0 amide bonds. The van der Waals surface area contributed by atoms with Gasteiger partial charge in [-0.1, -0.05) is 18.2 Å². The fourth-order valence-corrected chi connectivity index (χ4v) is 4.34. The van der Waals surface area contributed by atoms with Crippen molar-refractivity contribution in [2.45, 2.75) is 24.3 Å². The zero-order chi connectivity index (χ0) is 15.8. The Morgan fingerprint density at radius 3 is 2.78 bits per heavy atom. The van der Waals surface area contributed by atoms with Crippen LogP contribution in [-0.2, 0) is 6.42 Å². The molecule has 2 N–H and O–H groups in total. The van der Waals surface area contributed by atoms with Crippen LogP contribution in [0.25, 0.3) is 0 Å². The second-order valence-corrected chi connectivity index (χ2v) is 7.21. The fourth-order valence-electron chi connectivity index (χ4n) is 3.34. The molecule has 0 radical (unpaired) electrons. The van der Waals surface area contributed by atoms with Crippen LogP contribution in [0.2, 0.25) is 0 Å². The maximum Gasteiger partial charge on any atom is 0.227 e. The average molecular weight is 327 g/mol. The molecular weight excluding hydrogens is 306 g/mol. The third-order valence-corrected chi connectivity index (χ3v) is 5.68. The molecule has 0 spiro atoms. The van der Waals surface area contributed by atoms with Crippen LogP contribution in [0.15, 0.2) is 35.2 Å². The fraction of sp³-hybridized carbons (Fsp3) is 0.412. The highest BCUT2D eigenvalue weighted by Crippen LogP contribution is 2.35. The van der Waals surface area contributed by atoms with E-state index in [1.165, 1.54) is 5.69 Å². The molecule has 1 atom stereocenters. The van der Waals surface area contributed by atoms with Crippen molar-refractivity contribution in [3.8, 4) is 0 Å². The van der Waals surface area contributed by atoms with Crippen molar-refractivity contribution < 1.29 is 0 Å². The van der Waals surface area contributed by atoms with Gasteiger partial charge in [0.2, 0.25) is 5.95 Å². The minimum absolute atomic E-state index is 0.357. The molecule has 0 saturated carbocycles. The summed E-state index contributed by atoms with van der Waals surface area (Å²) in [6.45, 7) is 5.10. The highest BCUT2D eigenvalue weighted by Gasteiger charge is 2.28. The second kappa shape index (κ2) is 5.92. The molecule has 1 aromatic carbocycles. The van der Waals surface area contributed by atoms with E-state index in [1.807, 2.05) is 0 Å². The van der Waals surface area contributed by atoms with Gasteiger partial charge < -0.3 is 15.5 Å². The van der Waals surface area contributed by atoms with Crippen molar-refractivity contribution >= 4 is 29.2 Å². The number of fused-ring (bicyclic) bond motifs is 1. The lowest BCUT2D eigenvalue weighted by Crippen LogP contribution is -2.52. The maximum absolute atomic E-state index is 6.13. The molecule has 3 heterocycles. The van der Waals surface area contributed by atoms with Crippen molar-refractivity contribution in [3.63, 3.8) is 0 Å². The predicted octanol–water partition coefficient (Wildman–Crippen LogP) is 2.42. The van der Waals surface area contributed by atoms with Gasteiger partial charge in [-0.3, -0.25) is 0 Å². The number of nitrogen functional groups attached to an aromatic ring is 1. The highest BCUT2D eigenvalue weighted by atomic mass is 32.2. The summed E-state index contributed by atoms with van der Waals surface area (Å²) in [5, 5.41) is 0. The number of aromatic nitrogens is 2. The van der Waals surface area contributed by atoms with E-state index >= 15 is 0 Å². The monoisotopic (exact) mass is 327 g/mol. The summed E-state index contributed by atoms with van der Waals surface area (Å²) in [6, 6.07) is 10.9. The van der Waals surface area contributed by atoms with Gasteiger partial charge in [0.05, 0.1) is 10.6 Å². The first-order valence-corrected chi connectivity index (χ1v) is 9.07. The van der Waals surface area contributed by atoms with Crippen molar-refractivity contribution in [2.24, 2.45) is 0 Å². The number of piperazine rings is 1. The largest absolute Gasteiger partial charge is 0.383 e. The Labute approximate surface area is 140 Å². The van der Waals surface area contributed by atoms with E-state index in [1.54, 1.807) is 11.8 Å². The topological polar surface area (TPSA) is 58.3 Å². The molecule has 1 saturated heterocycles. The van der Waals surface area contributed by atoms with Gasteiger partial charge in [-0.15, -0.1) is 11.8 Å². The number of benzene rings is 1. The van der Waals surface area contributed by atoms with Gasteiger partial charge in [-0.25, -0.2) is 4.98 Å². The second-order valence-electron chi connectivity index (χ2n) is 6.11. The SMILES string of the molecule is CC1CN(c2ccccc2)CCN1c1nc(N)c2c(n1)CCS2. The van der Waals surface area contributed by atoms with E-state index in [0.717, 1.165) is 48.3 Å². The van der Waals surface area contributed by atoms with Crippen molar-refractivity contribution in [1.82, 2.24) is 9.97 Å². The molecule has 1 fully saturated rings. The van der Waals surface area contributed by atoms with Gasteiger partial charge in [-0.2, -0.15) is 4.98 Å². The molecule has 0 aliphatic carbocycles. The Morgan fingerprint density at radius 1 is 1.17 bits per heavy atom. The molecule has 1 unspecified atom stereocenters. The Hall–Kier alpha value is -1.95. The first-order chi connectivity index (χ1) is 11.2. The van der Waals surface area contributed by atoms with Crippen molar-refractivity contribution in [3.05, 3.63) is 36.0 Å². The van der Waals surface area contributed by atoms with E-state index < -0.39 is 0 Å². The van der Waals surface area contributed by atoms with Gasteiger partial charge >= 0.3 is 0 Å². The van der Waals surface area contributed by atoms with E-state index in [2.05, 4.69) is 52.0 Å². The summed E-state index contributed by atoms with van der Waals surface area (Å²) in [6.07, 6.45) is 0.998. The van der Waals surface area contributed by atoms with E-state index in [0.29, 0.717) is 11.9 Å². The van der Waals surface area contributed by atoms with Crippen LogP contribution < -0.4 is 15.5 Å². The number of rotatable bonds is 2. The van der Waals surface area contributed by atoms with Crippen LogP contribution in [0.1, 0.15) is 12.6 Å².